The highest BCUT2D eigenvalue weighted by atomic mass is 32.2. The Balaban J connectivity index is 1.71. The molecule has 0 aliphatic rings. The van der Waals surface area contributed by atoms with Crippen LogP contribution >= 0.6 is 0 Å². The van der Waals surface area contributed by atoms with Gasteiger partial charge >= 0.3 is 0 Å². The van der Waals surface area contributed by atoms with E-state index in [-0.39, 0.29) is 18.9 Å². The minimum absolute atomic E-state index is 0.111. The summed E-state index contributed by atoms with van der Waals surface area (Å²) in [7, 11) is -1.51. The number of hydrogen-bond acceptors (Lipinski definition) is 4. The van der Waals surface area contributed by atoms with Gasteiger partial charge in [-0.25, -0.2) is 12.8 Å². The zero-order chi connectivity index (χ0) is 21.3. The number of carbonyl (C=O) groups excluding carboxylic acids is 1. The van der Waals surface area contributed by atoms with Crippen LogP contribution in [0.25, 0.3) is 0 Å². The molecule has 0 unspecified atom stereocenters. The maximum atomic E-state index is 13.1. The first-order valence-corrected chi connectivity index (χ1v) is 11.4. The lowest BCUT2D eigenvalue weighted by molar-refractivity contribution is -0.121. The van der Waals surface area contributed by atoms with Gasteiger partial charge in [-0.2, -0.15) is 0 Å². The zero-order valence-corrected chi connectivity index (χ0v) is 17.7. The zero-order valence-electron chi connectivity index (χ0n) is 16.8. The molecule has 0 spiro atoms. The summed E-state index contributed by atoms with van der Waals surface area (Å²) in [4.78, 5) is 14.2. The number of benzene rings is 2. The van der Waals surface area contributed by atoms with Crippen molar-refractivity contribution in [1.82, 2.24) is 5.32 Å². The Labute approximate surface area is 172 Å². The van der Waals surface area contributed by atoms with E-state index in [0.717, 1.165) is 24.9 Å². The number of hydrogen-bond donors (Lipinski definition) is 1. The smallest absolute Gasteiger partial charge is 0.232 e. The number of nitrogens with one attached hydrogen (secondary N) is 1. The molecule has 2 aromatic carbocycles. The Bertz CT molecular complexity index is 874. The summed E-state index contributed by atoms with van der Waals surface area (Å²) in [6.45, 7) is 1.54. The van der Waals surface area contributed by atoms with E-state index in [1.165, 1.54) is 28.6 Å². The van der Waals surface area contributed by atoms with Crippen molar-refractivity contribution in [2.75, 3.05) is 42.1 Å². The van der Waals surface area contributed by atoms with Crippen molar-refractivity contribution >= 4 is 27.3 Å². The molecular weight excluding hydrogens is 393 g/mol. The summed E-state index contributed by atoms with van der Waals surface area (Å²) < 4.78 is 38.3. The number of para-hydroxylation sites is 1. The summed E-state index contributed by atoms with van der Waals surface area (Å²) in [6, 6.07) is 15.3. The van der Waals surface area contributed by atoms with Gasteiger partial charge in [0.2, 0.25) is 15.9 Å². The highest BCUT2D eigenvalue weighted by Gasteiger charge is 2.17. The third kappa shape index (κ3) is 7.73. The summed E-state index contributed by atoms with van der Waals surface area (Å²) in [5.41, 5.74) is 1.51. The molecule has 0 heterocycles. The number of carbonyl (C=O) groups is 1. The number of nitrogens with zero attached hydrogens (tertiary/aromatic N) is 2. The van der Waals surface area contributed by atoms with E-state index in [1.54, 1.807) is 0 Å². The summed E-state index contributed by atoms with van der Waals surface area (Å²) in [6.07, 6.45) is 2.50. The maximum absolute atomic E-state index is 13.1. The lowest BCUT2D eigenvalue weighted by Gasteiger charge is -2.22. The van der Waals surface area contributed by atoms with E-state index in [4.69, 9.17) is 0 Å². The minimum Gasteiger partial charge on any atom is -0.375 e. The van der Waals surface area contributed by atoms with Gasteiger partial charge in [-0.05, 0) is 49.2 Å². The van der Waals surface area contributed by atoms with E-state index in [2.05, 4.69) is 10.2 Å². The molecule has 0 bridgehead atoms. The average Bonchev–Trinajstić information content (AvgIpc) is 2.69. The van der Waals surface area contributed by atoms with Gasteiger partial charge in [-0.1, -0.05) is 18.2 Å². The Morgan fingerprint density at radius 3 is 2.24 bits per heavy atom. The van der Waals surface area contributed by atoms with Gasteiger partial charge < -0.3 is 10.2 Å². The molecule has 0 radical (unpaired) electrons. The van der Waals surface area contributed by atoms with Crippen LogP contribution in [0, 0.1) is 5.82 Å². The molecule has 2 rings (SSSR count). The van der Waals surface area contributed by atoms with Crippen LogP contribution < -0.4 is 14.5 Å². The molecule has 0 saturated heterocycles. The minimum atomic E-state index is -3.51. The maximum Gasteiger partial charge on any atom is 0.232 e. The van der Waals surface area contributed by atoms with Crippen molar-refractivity contribution in [3.63, 3.8) is 0 Å². The quantitative estimate of drug-likeness (QED) is 0.566. The van der Waals surface area contributed by atoms with E-state index < -0.39 is 15.8 Å². The summed E-state index contributed by atoms with van der Waals surface area (Å²) in [5, 5.41) is 2.87. The van der Waals surface area contributed by atoms with Crippen LogP contribution in [0.1, 0.15) is 19.3 Å². The van der Waals surface area contributed by atoms with Crippen molar-refractivity contribution in [1.29, 1.82) is 0 Å². The van der Waals surface area contributed by atoms with Crippen LogP contribution in [-0.2, 0) is 14.8 Å². The second-order valence-electron chi connectivity index (χ2n) is 6.88. The second kappa shape index (κ2) is 10.8. The number of rotatable bonds is 11. The van der Waals surface area contributed by atoms with Gasteiger partial charge in [0.1, 0.15) is 5.82 Å². The lowest BCUT2D eigenvalue weighted by atomic mass is 10.2. The molecule has 6 nitrogen and oxygen atoms in total. The molecule has 1 N–H and O–H groups in total. The monoisotopic (exact) mass is 421 g/mol. The molecule has 8 heteroatoms. The Kier molecular flexibility index (Phi) is 8.45. The molecule has 158 valence electrons. The molecular formula is C21H28FN3O3S. The molecule has 0 fully saturated rings. The Morgan fingerprint density at radius 1 is 0.966 bits per heavy atom. The van der Waals surface area contributed by atoms with E-state index in [0.29, 0.717) is 18.7 Å². The van der Waals surface area contributed by atoms with Gasteiger partial charge in [-0.15, -0.1) is 0 Å². The molecule has 0 aliphatic heterocycles. The fourth-order valence-corrected chi connectivity index (χ4v) is 3.89. The molecule has 0 aliphatic carbocycles. The van der Waals surface area contributed by atoms with Crippen molar-refractivity contribution in [3.8, 4) is 0 Å². The predicted molar refractivity (Wildman–Crippen MR) is 115 cm³/mol. The van der Waals surface area contributed by atoms with Gasteiger partial charge in [0, 0.05) is 38.8 Å². The second-order valence-corrected chi connectivity index (χ2v) is 8.78. The van der Waals surface area contributed by atoms with Crippen LogP contribution in [0.5, 0.6) is 0 Å². The van der Waals surface area contributed by atoms with E-state index in [9.17, 15) is 17.6 Å². The standard InChI is InChI=1S/C21H28FN3O3S/c1-24(19-8-4-3-5-9-19)16-7-15-23-21(26)10-6-17-25(29(2,27)28)20-13-11-18(22)12-14-20/h3-5,8-9,11-14H,6-7,10,15-17H2,1-2H3,(H,23,26). The third-order valence-corrected chi connectivity index (χ3v) is 5.66. The Hall–Kier alpha value is -2.61. The molecule has 1 amide bonds. The average molecular weight is 422 g/mol. The highest BCUT2D eigenvalue weighted by Crippen LogP contribution is 2.18. The van der Waals surface area contributed by atoms with Crippen molar-refractivity contribution < 1.29 is 17.6 Å². The van der Waals surface area contributed by atoms with Crippen molar-refractivity contribution in [3.05, 3.63) is 60.4 Å². The number of sulfonamides is 1. The largest absolute Gasteiger partial charge is 0.375 e. The first-order chi connectivity index (χ1) is 13.8. The van der Waals surface area contributed by atoms with Crippen LogP contribution in [-0.4, -0.2) is 47.3 Å². The normalized spacial score (nSPS) is 11.1. The first-order valence-electron chi connectivity index (χ1n) is 9.53. The van der Waals surface area contributed by atoms with Crippen molar-refractivity contribution in [2.45, 2.75) is 19.3 Å². The number of halogens is 1. The number of anilines is 2. The molecule has 0 aromatic heterocycles. The van der Waals surface area contributed by atoms with Gasteiger partial charge in [0.15, 0.2) is 0 Å². The van der Waals surface area contributed by atoms with Gasteiger partial charge in [-0.3, -0.25) is 9.10 Å². The van der Waals surface area contributed by atoms with Gasteiger partial charge in [0.05, 0.1) is 11.9 Å². The lowest BCUT2D eigenvalue weighted by Crippen LogP contribution is -2.32. The number of amides is 1. The van der Waals surface area contributed by atoms with Gasteiger partial charge in [0.25, 0.3) is 0 Å². The molecule has 2 aromatic rings. The fraction of sp³-hybridized carbons (Fsp3) is 0.381. The van der Waals surface area contributed by atoms with E-state index in [1.807, 2.05) is 37.4 Å². The fourth-order valence-electron chi connectivity index (χ4n) is 2.92. The van der Waals surface area contributed by atoms with Crippen LogP contribution in [0.3, 0.4) is 0 Å². The van der Waals surface area contributed by atoms with Crippen LogP contribution in [0.15, 0.2) is 54.6 Å². The molecule has 29 heavy (non-hydrogen) atoms. The SMILES string of the molecule is CN(CCCNC(=O)CCCN(c1ccc(F)cc1)S(C)(=O)=O)c1ccccc1. The summed E-state index contributed by atoms with van der Waals surface area (Å²) >= 11 is 0. The van der Waals surface area contributed by atoms with E-state index >= 15 is 0 Å². The van der Waals surface area contributed by atoms with Crippen LogP contribution in [0.2, 0.25) is 0 Å². The topological polar surface area (TPSA) is 69.7 Å². The highest BCUT2D eigenvalue weighted by molar-refractivity contribution is 7.92. The molecule has 0 atom stereocenters. The van der Waals surface area contributed by atoms with Crippen molar-refractivity contribution in [2.24, 2.45) is 0 Å². The molecule has 0 saturated carbocycles. The Morgan fingerprint density at radius 2 is 1.62 bits per heavy atom. The predicted octanol–water partition coefficient (Wildman–Crippen LogP) is 3.01. The first kappa shape index (κ1) is 22.7. The third-order valence-electron chi connectivity index (χ3n) is 4.47. The van der Waals surface area contributed by atoms with Crippen LogP contribution in [0.4, 0.5) is 15.8 Å². The summed E-state index contributed by atoms with van der Waals surface area (Å²) in [5.74, 6) is -0.542.